The van der Waals surface area contributed by atoms with E-state index in [2.05, 4.69) is 0 Å². The highest BCUT2D eigenvalue weighted by Gasteiger charge is 2.15. The third-order valence-corrected chi connectivity index (χ3v) is 5.48. The Morgan fingerprint density at radius 2 is 1.74 bits per heavy atom. The third-order valence-electron chi connectivity index (χ3n) is 4.24. The van der Waals surface area contributed by atoms with E-state index in [1.165, 1.54) is 19.2 Å². The molecule has 6 heteroatoms. The van der Waals surface area contributed by atoms with E-state index in [1.807, 2.05) is 30.3 Å². The van der Waals surface area contributed by atoms with Gasteiger partial charge in [0.05, 0.1) is 7.11 Å². The molecule has 0 saturated carbocycles. The number of nitrogens with zero attached hydrogens (tertiary/aromatic N) is 1. The average molecular weight is 385 g/mol. The molecule has 0 aliphatic heterocycles. The topological polar surface area (TPSA) is 49.8 Å². The first-order valence-corrected chi connectivity index (χ1v) is 9.28. The molecular weight excluding hydrogens is 365 g/mol. The number of halogens is 1. The summed E-state index contributed by atoms with van der Waals surface area (Å²) in [5.74, 6) is 0.157. The number of aryl methyl sites for hydroxylation is 1. The molecule has 3 aromatic rings. The molecule has 1 heterocycles. The molecular formula is C21H20FNO3S. The highest BCUT2D eigenvalue weighted by Crippen LogP contribution is 2.40. The van der Waals surface area contributed by atoms with Crippen LogP contribution in [0.5, 0.6) is 5.75 Å². The van der Waals surface area contributed by atoms with Crippen molar-refractivity contribution in [1.82, 2.24) is 5.06 Å². The van der Waals surface area contributed by atoms with E-state index in [1.54, 1.807) is 30.6 Å². The van der Waals surface area contributed by atoms with Crippen LogP contribution in [0, 0.1) is 5.82 Å². The molecule has 0 radical (unpaired) electrons. The zero-order chi connectivity index (χ0) is 19.4. The fourth-order valence-corrected chi connectivity index (χ4v) is 3.94. The van der Waals surface area contributed by atoms with Crippen LogP contribution in [-0.2, 0) is 11.2 Å². The minimum absolute atomic E-state index is 0.221. The molecule has 1 aromatic heterocycles. The van der Waals surface area contributed by atoms with Crippen molar-refractivity contribution in [3.05, 3.63) is 65.3 Å². The molecule has 0 aliphatic carbocycles. The second-order valence-electron chi connectivity index (χ2n) is 6.11. The first-order valence-electron chi connectivity index (χ1n) is 8.46. The lowest BCUT2D eigenvalue weighted by Crippen LogP contribution is -2.22. The first kappa shape index (κ1) is 19.1. The molecule has 140 valence electrons. The van der Waals surface area contributed by atoms with Gasteiger partial charge in [-0.05, 0) is 60.0 Å². The van der Waals surface area contributed by atoms with Gasteiger partial charge < -0.3 is 4.74 Å². The second kappa shape index (κ2) is 8.33. The summed E-state index contributed by atoms with van der Waals surface area (Å²) in [7, 11) is 2.95. The Labute approximate surface area is 161 Å². The van der Waals surface area contributed by atoms with E-state index < -0.39 is 0 Å². The lowest BCUT2D eigenvalue weighted by Gasteiger charge is -2.06. The normalized spacial score (nSPS) is 10.7. The van der Waals surface area contributed by atoms with Crippen LogP contribution in [0.4, 0.5) is 4.39 Å². The van der Waals surface area contributed by atoms with Gasteiger partial charge in [0, 0.05) is 28.8 Å². The third kappa shape index (κ3) is 4.53. The SMILES string of the molecule is COc1ccc(-c2sc(CCC(=O)N(C)O)cc2-c2ccc(F)cc2)cc1. The minimum atomic E-state index is -0.335. The lowest BCUT2D eigenvalue weighted by molar-refractivity contribution is -0.159. The Kier molecular flexibility index (Phi) is 5.88. The summed E-state index contributed by atoms with van der Waals surface area (Å²) in [6, 6.07) is 16.2. The predicted molar refractivity (Wildman–Crippen MR) is 105 cm³/mol. The molecule has 0 aliphatic rings. The van der Waals surface area contributed by atoms with Crippen molar-refractivity contribution >= 4 is 17.2 Å². The minimum Gasteiger partial charge on any atom is -0.497 e. The van der Waals surface area contributed by atoms with E-state index in [9.17, 15) is 14.4 Å². The van der Waals surface area contributed by atoms with Crippen LogP contribution in [0.15, 0.2) is 54.6 Å². The summed E-state index contributed by atoms with van der Waals surface area (Å²) in [6.07, 6.45) is 0.747. The van der Waals surface area contributed by atoms with Crippen molar-refractivity contribution in [2.75, 3.05) is 14.2 Å². The van der Waals surface area contributed by atoms with Gasteiger partial charge in [0.1, 0.15) is 11.6 Å². The van der Waals surface area contributed by atoms with Gasteiger partial charge >= 0.3 is 0 Å². The maximum atomic E-state index is 13.3. The largest absolute Gasteiger partial charge is 0.497 e. The van der Waals surface area contributed by atoms with E-state index in [-0.39, 0.29) is 18.1 Å². The molecule has 0 atom stereocenters. The number of ether oxygens (including phenoxy) is 1. The van der Waals surface area contributed by atoms with Crippen LogP contribution >= 0.6 is 11.3 Å². The maximum absolute atomic E-state index is 13.3. The van der Waals surface area contributed by atoms with Gasteiger partial charge in [-0.15, -0.1) is 11.3 Å². The van der Waals surface area contributed by atoms with Crippen LogP contribution in [0.3, 0.4) is 0 Å². The molecule has 2 aromatic carbocycles. The van der Waals surface area contributed by atoms with Crippen molar-refractivity contribution in [3.8, 4) is 27.3 Å². The smallest absolute Gasteiger partial charge is 0.246 e. The lowest BCUT2D eigenvalue weighted by atomic mass is 10.0. The van der Waals surface area contributed by atoms with Gasteiger partial charge in [-0.3, -0.25) is 10.0 Å². The number of thiophene rings is 1. The van der Waals surface area contributed by atoms with Crippen LogP contribution in [0.25, 0.3) is 21.6 Å². The summed E-state index contributed by atoms with van der Waals surface area (Å²) in [5, 5.41) is 9.84. The molecule has 0 fully saturated rings. The maximum Gasteiger partial charge on any atom is 0.246 e. The molecule has 0 bridgehead atoms. The van der Waals surface area contributed by atoms with E-state index in [0.29, 0.717) is 11.5 Å². The number of hydrogen-bond donors (Lipinski definition) is 1. The first-order chi connectivity index (χ1) is 13.0. The Morgan fingerprint density at radius 3 is 2.33 bits per heavy atom. The van der Waals surface area contributed by atoms with Gasteiger partial charge in [0.2, 0.25) is 5.91 Å². The van der Waals surface area contributed by atoms with Crippen LogP contribution < -0.4 is 4.74 Å². The quantitative estimate of drug-likeness (QED) is 0.479. The predicted octanol–water partition coefficient (Wildman–Crippen LogP) is 5.01. The zero-order valence-corrected chi connectivity index (χ0v) is 15.9. The summed E-state index contributed by atoms with van der Waals surface area (Å²) in [5.41, 5.74) is 2.93. The summed E-state index contributed by atoms with van der Waals surface area (Å²) in [6.45, 7) is 0. The van der Waals surface area contributed by atoms with Crippen LogP contribution in [-0.4, -0.2) is 30.3 Å². The van der Waals surface area contributed by atoms with Crippen molar-refractivity contribution in [3.63, 3.8) is 0 Å². The molecule has 0 unspecified atom stereocenters. The van der Waals surface area contributed by atoms with Gasteiger partial charge in [0.25, 0.3) is 0 Å². The Morgan fingerprint density at radius 1 is 1.11 bits per heavy atom. The van der Waals surface area contributed by atoms with Crippen LogP contribution in [0.1, 0.15) is 11.3 Å². The molecule has 4 nitrogen and oxygen atoms in total. The highest BCUT2D eigenvalue weighted by atomic mass is 32.1. The molecule has 1 N–H and O–H groups in total. The fourth-order valence-electron chi connectivity index (χ4n) is 2.76. The fraction of sp³-hybridized carbons (Fsp3) is 0.190. The summed E-state index contributed by atoms with van der Waals surface area (Å²) >= 11 is 1.59. The number of carbonyl (C=O) groups is 1. The van der Waals surface area contributed by atoms with Crippen molar-refractivity contribution in [2.45, 2.75) is 12.8 Å². The van der Waals surface area contributed by atoms with E-state index in [0.717, 1.165) is 32.2 Å². The number of methoxy groups -OCH3 is 1. The van der Waals surface area contributed by atoms with E-state index >= 15 is 0 Å². The Balaban J connectivity index is 1.98. The standard InChI is InChI=1S/C21H20FNO3S/c1-23(25)20(24)12-11-18-13-19(14-3-7-16(22)8-4-14)21(27-18)15-5-9-17(26-2)10-6-15/h3-10,13,25H,11-12H2,1-2H3. The molecule has 27 heavy (non-hydrogen) atoms. The highest BCUT2D eigenvalue weighted by molar-refractivity contribution is 7.16. The Bertz CT molecular complexity index is 918. The van der Waals surface area contributed by atoms with Crippen molar-refractivity contribution < 1.29 is 19.1 Å². The Hall–Kier alpha value is -2.70. The molecule has 0 saturated heterocycles. The average Bonchev–Trinajstić information content (AvgIpc) is 3.11. The number of hydrogen-bond acceptors (Lipinski definition) is 4. The van der Waals surface area contributed by atoms with Crippen molar-refractivity contribution in [2.24, 2.45) is 0 Å². The number of rotatable bonds is 6. The number of benzene rings is 2. The van der Waals surface area contributed by atoms with E-state index in [4.69, 9.17) is 4.74 Å². The molecule has 0 spiro atoms. The van der Waals surface area contributed by atoms with Crippen LogP contribution in [0.2, 0.25) is 0 Å². The monoisotopic (exact) mass is 385 g/mol. The number of hydroxylamine groups is 2. The van der Waals surface area contributed by atoms with Gasteiger partial charge in [-0.1, -0.05) is 12.1 Å². The zero-order valence-electron chi connectivity index (χ0n) is 15.1. The van der Waals surface area contributed by atoms with Crippen molar-refractivity contribution in [1.29, 1.82) is 0 Å². The molecule has 1 amide bonds. The second-order valence-corrected chi connectivity index (χ2v) is 7.25. The summed E-state index contributed by atoms with van der Waals surface area (Å²) < 4.78 is 18.5. The number of amides is 1. The summed E-state index contributed by atoms with van der Waals surface area (Å²) in [4.78, 5) is 13.7. The number of carbonyl (C=O) groups excluding carboxylic acids is 1. The van der Waals surface area contributed by atoms with Gasteiger partial charge in [-0.2, -0.15) is 0 Å². The van der Waals surface area contributed by atoms with Gasteiger partial charge in [-0.25, -0.2) is 9.45 Å². The van der Waals surface area contributed by atoms with Gasteiger partial charge in [0.15, 0.2) is 0 Å². The molecule has 3 rings (SSSR count).